The molecule has 3 heteroatoms. The molecule has 23 heavy (non-hydrogen) atoms. The number of benzene rings is 1. The number of ether oxygens (including phenoxy) is 1. The van der Waals surface area contributed by atoms with Crippen molar-refractivity contribution in [3.05, 3.63) is 35.4 Å². The molecule has 0 bridgehead atoms. The maximum absolute atomic E-state index is 11.7. The first kappa shape index (κ1) is 19.4. The van der Waals surface area contributed by atoms with Crippen LogP contribution in [-0.2, 0) is 16.0 Å². The molecule has 0 aromatic heterocycles. The summed E-state index contributed by atoms with van der Waals surface area (Å²) in [4.78, 5) is 16.1. The van der Waals surface area contributed by atoms with Gasteiger partial charge in [-0.05, 0) is 41.7 Å². The van der Waals surface area contributed by atoms with Gasteiger partial charge in [0.2, 0.25) is 0 Å². The molecule has 0 fully saturated rings. The van der Waals surface area contributed by atoms with Crippen LogP contribution in [-0.4, -0.2) is 25.3 Å². The SMILES string of the molecule is COC(=O)C(N=CCC(C)Cc1ccc(C(C)C)cc1)C(C)C. The smallest absolute Gasteiger partial charge is 0.330 e. The molecule has 0 aliphatic carbocycles. The largest absolute Gasteiger partial charge is 0.467 e. The topological polar surface area (TPSA) is 38.7 Å². The molecular weight excluding hydrogens is 286 g/mol. The number of hydrogen-bond acceptors (Lipinski definition) is 3. The fourth-order valence-corrected chi connectivity index (χ4v) is 2.50. The maximum atomic E-state index is 11.7. The summed E-state index contributed by atoms with van der Waals surface area (Å²) in [5.41, 5.74) is 2.73. The molecule has 2 atom stereocenters. The van der Waals surface area contributed by atoms with Crippen molar-refractivity contribution < 1.29 is 9.53 Å². The number of aliphatic imine (C=N–C) groups is 1. The minimum Gasteiger partial charge on any atom is -0.467 e. The summed E-state index contributed by atoms with van der Waals surface area (Å²) >= 11 is 0. The molecule has 0 N–H and O–H groups in total. The Hall–Kier alpha value is -1.64. The van der Waals surface area contributed by atoms with Crippen LogP contribution >= 0.6 is 0 Å². The molecule has 0 saturated carbocycles. The first-order valence-electron chi connectivity index (χ1n) is 8.53. The number of carbonyl (C=O) groups is 1. The molecule has 0 amide bonds. The van der Waals surface area contributed by atoms with E-state index in [2.05, 4.69) is 50.0 Å². The van der Waals surface area contributed by atoms with Crippen molar-refractivity contribution in [1.29, 1.82) is 0 Å². The summed E-state index contributed by atoms with van der Waals surface area (Å²) in [7, 11) is 1.41. The van der Waals surface area contributed by atoms with E-state index < -0.39 is 6.04 Å². The van der Waals surface area contributed by atoms with Gasteiger partial charge in [-0.3, -0.25) is 4.99 Å². The minimum atomic E-state index is -0.391. The van der Waals surface area contributed by atoms with Crippen molar-refractivity contribution in [1.82, 2.24) is 0 Å². The second-order valence-corrected chi connectivity index (χ2v) is 6.98. The molecule has 0 aliphatic heterocycles. The number of hydrogen-bond donors (Lipinski definition) is 0. The molecule has 0 spiro atoms. The van der Waals surface area contributed by atoms with Crippen LogP contribution in [0, 0.1) is 11.8 Å². The maximum Gasteiger partial charge on any atom is 0.330 e. The summed E-state index contributed by atoms with van der Waals surface area (Å²) in [6.45, 7) is 10.6. The van der Waals surface area contributed by atoms with Crippen LogP contribution in [0.4, 0.5) is 0 Å². The first-order chi connectivity index (χ1) is 10.8. The Balaban J connectivity index is 2.54. The van der Waals surface area contributed by atoms with E-state index in [1.165, 1.54) is 18.2 Å². The van der Waals surface area contributed by atoms with Gasteiger partial charge >= 0.3 is 5.97 Å². The van der Waals surface area contributed by atoms with Gasteiger partial charge in [0, 0.05) is 6.21 Å². The van der Waals surface area contributed by atoms with Crippen LogP contribution in [0.25, 0.3) is 0 Å². The van der Waals surface area contributed by atoms with Gasteiger partial charge in [-0.1, -0.05) is 58.9 Å². The van der Waals surface area contributed by atoms with Crippen LogP contribution in [0.15, 0.2) is 29.3 Å². The van der Waals surface area contributed by atoms with Crippen LogP contribution < -0.4 is 0 Å². The van der Waals surface area contributed by atoms with E-state index in [9.17, 15) is 4.79 Å². The van der Waals surface area contributed by atoms with Crippen LogP contribution in [0.5, 0.6) is 0 Å². The third-order valence-corrected chi connectivity index (χ3v) is 4.08. The van der Waals surface area contributed by atoms with E-state index in [1.54, 1.807) is 0 Å². The lowest BCUT2D eigenvalue weighted by atomic mass is 9.95. The van der Waals surface area contributed by atoms with Gasteiger partial charge in [0.25, 0.3) is 0 Å². The molecule has 1 aromatic carbocycles. The number of methoxy groups -OCH3 is 1. The predicted molar refractivity (Wildman–Crippen MR) is 97.2 cm³/mol. The highest BCUT2D eigenvalue weighted by Crippen LogP contribution is 2.17. The zero-order chi connectivity index (χ0) is 17.4. The highest BCUT2D eigenvalue weighted by atomic mass is 16.5. The van der Waals surface area contributed by atoms with E-state index in [0.717, 1.165) is 12.8 Å². The highest BCUT2D eigenvalue weighted by Gasteiger charge is 2.21. The van der Waals surface area contributed by atoms with Gasteiger partial charge in [-0.15, -0.1) is 0 Å². The second kappa shape index (κ2) is 9.49. The van der Waals surface area contributed by atoms with Crippen molar-refractivity contribution in [2.75, 3.05) is 7.11 Å². The van der Waals surface area contributed by atoms with Crippen molar-refractivity contribution in [2.24, 2.45) is 16.8 Å². The predicted octanol–water partition coefficient (Wildman–Crippen LogP) is 4.65. The van der Waals surface area contributed by atoms with Gasteiger partial charge in [-0.2, -0.15) is 0 Å². The molecule has 0 radical (unpaired) electrons. The Bertz CT molecular complexity index is 503. The summed E-state index contributed by atoms with van der Waals surface area (Å²) in [6, 6.07) is 8.47. The standard InChI is InChI=1S/C20H31NO2/c1-14(2)18-9-7-17(8-10-18)13-16(5)11-12-21-19(15(3)4)20(22)23-6/h7-10,12,14-16,19H,11,13H2,1-6H3. The monoisotopic (exact) mass is 317 g/mol. The van der Waals surface area contributed by atoms with Crippen molar-refractivity contribution in [3.63, 3.8) is 0 Å². The van der Waals surface area contributed by atoms with Gasteiger partial charge in [0.1, 0.15) is 6.04 Å². The number of nitrogens with zero attached hydrogens (tertiary/aromatic N) is 1. The molecule has 1 aromatic rings. The summed E-state index contributed by atoms with van der Waals surface area (Å²) in [5.74, 6) is 0.958. The van der Waals surface area contributed by atoms with Crippen molar-refractivity contribution in [3.8, 4) is 0 Å². The van der Waals surface area contributed by atoms with Crippen molar-refractivity contribution in [2.45, 2.75) is 59.4 Å². The minimum absolute atomic E-state index is 0.151. The zero-order valence-electron chi connectivity index (χ0n) is 15.4. The van der Waals surface area contributed by atoms with E-state index in [4.69, 9.17) is 4.74 Å². The molecule has 0 saturated heterocycles. The lowest BCUT2D eigenvalue weighted by molar-refractivity contribution is -0.143. The van der Waals surface area contributed by atoms with E-state index in [-0.39, 0.29) is 11.9 Å². The number of carbonyl (C=O) groups excluding carboxylic acids is 1. The molecule has 0 aliphatic rings. The van der Waals surface area contributed by atoms with Gasteiger partial charge in [0.15, 0.2) is 0 Å². The highest BCUT2D eigenvalue weighted by molar-refractivity contribution is 5.78. The quantitative estimate of drug-likeness (QED) is 0.517. The van der Waals surface area contributed by atoms with E-state index in [0.29, 0.717) is 11.8 Å². The first-order valence-corrected chi connectivity index (χ1v) is 8.53. The summed E-state index contributed by atoms with van der Waals surface area (Å²) in [6.07, 6.45) is 3.77. The zero-order valence-corrected chi connectivity index (χ0v) is 15.4. The second-order valence-electron chi connectivity index (χ2n) is 6.98. The number of esters is 1. The van der Waals surface area contributed by atoms with Crippen LogP contribution in [0.2, 0.25) is 0 Å². The van der Waals surface area contributed by atoms with Gasteiger partial charge < -0.3 is 4.74 Å². The van der Waals surface area contributed by atoms with Gasteiger partial charge in [0.05, 0.1) is 7.11 Å². The lowest BCUT2D eigenvalue weighted by Gasteiger charge is -2.14. The van der Waals surface area contributed by atoms with E-state index >= 15 is 0 Å². The van der Waals surface area contributed by atoms with Crippen LogP contribution in [0.1, 0.15) is 58.1 Å². The molecule has 2 unspecified atom stereocenters. The third kappa shape index (κ3) is 6.55. The Morgan fingerprint density at radius 2 is 1.74 bits per heavy atom. The fourth-order valence-electron chi connectivity index (χ4n) is 2.50. The Morgan fingerprint density at radius 1 is 1.13 bits per heavy atom. The molecule has 128 valence electrons. The fraction of sp³-hybridized carbons (Fsp3) is 0.600. The third-order valence-electron chi connectivity index (χ3n) is 4.08. The van der Waals surface area contributed by atoms with Gasteiger partial charge in [-0.25, -0.2) is 4.79 Å². The Labute approximate surface area is 141 Å². The molecular formula is C20H31NO2. The lowest BCUT2D eigenvalue weighted by Crippen LogP contribution is -2.26. The summed E-state index contributed by atoms with van der Waals surface area (Å²) in [5, 5.41) is 0. The average Bonchev–Trinajstić information content (AvgIpc) is 2.51. The molecule has 1 rings (SSSR count). The Kier molecular flexibility index (Phi) is 8.01. The van der Waals surface area contributed by atoms with Crippen LogP contribution in [0.3, 0.4) is 0 Å². The molecule has 0 heterocycles. The number of rotatable bonds is 8. The van der Waals surface area contributed by atoms with Crippen molar-refractivity contribution >= 4 is 12.2 Å². The summed E-state index contributed by atoms with van der Waals surface area (Å²) < 4.78 is 4.80. The van der Waals surface area contributed by atoms with E-state index in [1.807, 2.05) is 20.1 Å². The molecule has 3 nitrogen and oxygen atoms in total. The Morgan fingerprint density at radius 3 is 2.22 bits per heavy atom. The normalized spacial score (nSPS) is 14.4. The average molecular weight is 317 g/mol.